The Balaban J connectivity index is 1.87. The van der Waals surface area contributed by atoms with Crippen LogP contribution in [-0.4, -0.2) is 35.7 Å². The number of thiazole rings is 1. The summed E-state index contributed by atoms with van der Waals surface area (Å²) >= 11 is 1.53. The van der Waals surface area contributed by atoms with Gasteiger partial charge in [-0.05, 0) is 25.8 Å². The van der Waals surface area contributed by atoms with Crippen LogP contribution in [0.4, 0.5) is 18.3 Å². The minimum atomic E-state index is -4.07. The summed E-state index contributed by atoms with van der Waals surface area (Å²) < 4.78 is 38.3. The summed E-state index contributed by atoms with van der Waals surface area (Å²) in [7, 11) is 0. The van der Waals surface area contributed by atoms with Crippen LogP contribution in [0.3, 0.4) is 0 Å². The molecule has 1 fully saturated rings. The Kier molecular flexibility index (Phi) is 5.26. The van der Waals surface area contributed by atoms with Crippen molar-refractivity contribution >= 4 is 16.5 Å². The van der Waals surface area contributed by atoms with E-state index in [1.54, 1.807) is 6.20 Å². The average molecular weight is 307 g/mol. The zero-order valence-corrected chi connectivity index (χ0v) is 12.4. The maximum absolute atomic E-state index is 12.8. The molecule has 114 valence electrons. The molecule has 2 rings (SSSR count). The van der Waals surface area contributed by atoms with Crippen LogP contribution < -0.4 is 5.32 Å². The van der Waals surface area contributed by atoms with Crippen LogP contribution in [-0.2, 0) is 6.54 Å². The lowest BCUT2D eigenvalue weighted by Gasteiger charge is -2.33. The third-order valence-corrected chi connectivity index (χ3v) is 4.37. The number of nitrogens with one attached hydrogen (secondary N) is 1. The van der Waals surface area contributed by atoms with Crippen LogP contribution in [0.1, 0.15) is 31.1 Å². The number of alkyl halides is 3. The first-order valence-electron chi connectivity index (χ1n) is 6.96. The largest absolute Gasteiger partial charge is 0.393 e. The van der Waals surface area contributed by atoms with Gasteiger partial charge in [-0.15, -0.1) is 11.3 Å². The molecule has 2 heterocycles. The first-order chi connectivity index (χ1) is 9.49. The fourth-order valence-corrected chi connectivity index (χ4v) is 3.26. The Bertz CT molecular complexity index is 419. The normalized spacial score (nSPS) is 21.1. The van der Waals surface area contributed by atoms with Crippen LogP contribution in [0.2, 0.25) is 0 Å². The highest BCUT2D eigenvalue weighted by molar-refractivity contribution is 7.15. The van der Waals surface area contributed by atoms with E-state index in [1.807, 2.05) is 4.90 Å². The lowest BCUT2D eigenvalue weighted by molar-refractivity contribution is -0.187. The van der Waals surface area contributed by atoms with Crippen molar-refractivity contribution in [3.63, 3.8) is 0 Å². The first kappa shape index (κ1) is 15.6. The van der Waals surface area contributed by atoms with E-state index in [1.165, 1.54) is 11.3 Å². The SMILES string of the molecule is CCCNc1ncc(CN2CCCC(C(F)(F)F)C2)s1. The van der Waals surface area contributed by atoms with E-state index in [-0.39, 0.29) is 13.0 Å². The molecule has 7 heteroatoms. The molecule has 1 atom stereocenters. The zero-order chi connectivity index (χ0) is 14.6. The van der Waals surface area contributed by atoms with E-state index in [0.29, 0.717) is 13.0 Å². The van der Waals surface area contributed by atoms with Crippen molar-refractivity contribution in [1.82, 2.24) is 9.88 Å². The monoisotopic (exact) mass is 307 g/mol. The third kappa shape index (κ3) is 4.34. The number of halogens is 3. The highest BCUT2D eigenvalue weighted by Gasteiger charge is 2.41. The van der Waals surface area contributed by atoms with Gasteiger partial charge < -0.3 is 5.32 Å². The smallest absolute Gasteiger partial charge is 0.362 e. The molecule has 0 saturated carbocycles. The molecule has 0 bridgehead atoms. The molecule has 0 amide bonds. The van der Waals surface area contributed by atoms with E-state index >= 15 is 0 Å². The molecular formula is C13H20F3N3S. The van der Waals surface area contributed by atoms with Crippen LogP contribution in [0.15, 0.2) is 6.20 Å². The molecule has 1 aromatic rings. The first-order valence-corrected chi connectivity index (χ1v) is 7.78. The lowest BCUT2D eigenvalue weighted by Crippen LogP contribution is -2.41. The molecule has 1 aliphatic rings. The molecule has 1 unspecified atom stereocenters. The van der Waals surface area contributed by atoms with Crippen molar-refractivity contribution in [2.75, 3.05) is 25.0 Å². The van der Waals surface area contributed by atoms with Gasteiger partial charge in [-0.25, -0.2) is 4.98 Å². The van der Waals surface area contributed by atoms with E-state index in [0.717, 1.165) is 29.5 Å². The van der Waals surface area contributed by atoms with Crippen molar-refractivity contribution < 1.29 is 13.2 Å². The van der Waals surface area contributed by atoms with Gasteiger partial charge in [0.15, 0.2) is 5.13 Å². The molecule has 0 aromatic carbocycles. The summed E-state index contributed by atoms with van der Waals surface area (Å²) in [5, 5.41) is 4.05. The predicted octanol–water partition coefficient (Wildman–Crippen LogP) is 3.74. The maximum atomic E-state index is 12.8. The number of likely N-dealkylation sites (tertiary alicyclic amines) is 1. The molecular weight excluding hydrogens is 287 g/mol. The Morgan fingerprint density at radius 1 is 1.50 bits per heavy atom. The minimum absolute atomic E-state index is 0.110. The summed E-state index contributed by atoms with van der Waals surface area (Å²) in [5.74, 6) is -1.18. The maximum Gasteiger partial charge on any atom is 0.393 e. The van der Waals surface area contributed by atoms with Crippen molar-refractivity contribution in [2.45, 2.75) is 38.9 Å². The minimum Gasteiger partial charge on any atom is -0.362 e. The highest BCUT2D eigenvalue weighted by atomic mass is 32.1. The van der Waals surface area contributed by atoms with Crippen molar-refractivity contribution in [3.8, 4) is 0 Å². The fraction of sp³-hybridized carbons (Fsp3) is 0.769. The summed E-state index contributed by atoms with van der Waals surface area (Å²) in [4.78, 5) is 7.15. The van der Waals surface area contributed by atoms with Gasteiger partial charge in [0.2, 0.25) is 0 Å². The molecule has 0 radical (unpaired) electrons. The summed E-state index contributed by atoms with van der Waals surface area (Å²) in [6, 6.07) is 0. The molecule has 1 aromatic heterocycles. The van der Waals surface area contributed by atoms with Crippen LogP contribution in [0, 0.1) is 5.92 Å². The van der Waals surface area contributed by atoms with Gasteiger partial charge in [0.25, 0.3) is 0 Å². The second-order valence-electron chi connectivity index (χ2n) is 5.17. The number of aromatic nitrogens is 1. The van der Waals surface area contributed by atoms with Gasteiger partial charge in [-0.2, -0.15) is 13.2 Å². The molecule has 0 aliphatic carbocycles. The molecule has 3 nitrogen and oxygen atoms in total. The van der Waals surface area contributed by atoms with Crippen LogP contribution in [0.25, 0.3) is 0 Å². The number of hydrogen-bond donors (Lipinski definition) is 1. The van der Waals surface area contributed by atoms with E-state index in [2.05, 4.69) is 17.2 Å². The van der Waals surface area contributed by atoms with Crippen LogP contribution in [0.5, 0.6) is 0 Å². The Morgan fingerprint density at radius 3 is 3.00 bits per heavy atom. The number of nitrogens with zero attached hydrogens (tertiary/aromatic N) is 2. The van der Waals surface area contributed by atoms with Gasteiger partial charge in [0, 0.05) is 30.7 Å². The van der Waals surface area contributed by atoms with Gasteiger partial charge in [-0.3, -0.25) is 4.90 Å². The fourth-order valence-electron chi connectivity index (χ4n) is 2.38. The number of rotatable bonds is 5. The second-order valence-corrected chi connectivity index (χ2v) is 6.29. The Morgan fingerprint density at radius 2 is 2.30 bits per heavy atom. The van der Waals surface area contributed by atoms with Crippen molar-refractivity contribution in [3.05, 3.63) is 11.1 Å². The number of piperidine rings is 1. The topological polar surface area (TPSA) is 28.2 Å². The summed E-state index contributed by atoms with van der Waals surface area (Å²) in [6.45, 7) is 4.36. The van der Waals surface area contributed by atoms with E-state index in [4.69, 9.17) is 0 Å². The number of hydrogen-bond acceptors (Lipinski definition) is 4. The Labute approximate surface area is 121 Å². The molecule has 1 aliphatic heterocycles. The van der Waals surface area contributed by atoms with Crippen LogP contribution >= 0.6 is 11.3 Å². The van der Waals surface area contributed by atoms with Crippen molar-refractivity contribution in [1.29, 1.82) is 0 Å². The second kappa shape index (κ2) is 6.76. The van der Waals surface area contributed by atoms with Gasteiger partial charge in [-0.1, -0.05) is 6.92 Å². The highest BCUT2D eigenvalue weighted by Crippen LogP contribution is 2.34. The zero-order valence-electron chi connectivity index (χ0n) is 11.5. The Hall–Kier alpha value is -0.820. The number of anilines is 1. The third-order valence-electron chi connectivity index (χ3n) is 3.43. The average Bonchev–Trinajstić information content (AvgIpc) is 2.83. The lowest BCUT2D eigenvalue weighted by atomic mass is 9.97. The molecule has 20 heavy (non-hydrogen) atoms. The van der Waals surface area contributed by atoms with Crippen molar-refractivity contribution in [2.24, 2.45) is 5.92 Å². The summed E-state index contributed by atoms with van der Waals surface area (Å²) in [5.41, 5.74) is 0. The van der Waals surface area contributed by atoms with E-state index in [9.17, 15) is 13.2 Å². The predicted molar refractivity (Wildman–Crippen MR) is 75.0 cm³/mol. The van der Waals surface area contributed by atoms with Gasteiger partial charge in [0.1, 0.15) is 0 Å². The van der Waals surface area contributed by atoms with Gasteiger partial charge in [0.05, 0.1) is 5.92 Å². The molecule has 1 saturated heterocycles. The van der Waals surface area contributed by atoms with E-state index < -0.39 is 12.1 Å². The molecule has 1 N–H and O–H groups in total. The van der Waals surface area contributed by atoms with Gasteiger partial charge >= 0.3 is 6.18 Å². The molecule has 0 spiro atoms. The summed E-state index contributed by atoms with van der Waals surface area (Å²) in [6.07, 6.45) is -0.412. The standard InChI is InChI=1S/C13H20F3N3S/c1-2-5-17-12-18-7-11(20-12)9-19-6-3-4-10(8-19)13(14,15)16/h7,10H,2-6,8-9H2,1H3,(H,17,18). The quantitative estimate of drug-likeness (QED) is 0.898.